The van der Waals surface area contributed by atoms with E-state index in [0.717, 1.165) is 6.34 Å². The van der Waals surface area contributed by atoms with Gasteiger partial charge in [-0.15, -0.1) is 0 Å². The Labute approximate surface area is 51.1 Å². The van der Waals surface area contributed by atoms with Crippen LogP contribution in [0, 0.1) is 5.21 Å². The van der Waals surface area contributed by atoms with Gasteiger partial charge in [0.05, 0.1) is 0 Å². The summed E-state index contributed by atoms with van der Waals surface area (Å²) < 4.78 is -1.28. The molecule has 1 atom stereocenters. The number of primary amides is 1. The number of rotatable bonds is 0. The zero-order valence-corrected chi connectivity index (χ0v) is 4.57. The van der Waals surface area contributed by atoms with Crippen molar-refractivity contribution in [2.75, 3.05) is 6.67 Å². The van der Waals surface area contributed by atoms with E-state index in [9.17, 15) is 10.0 Å². The predicted molar refractivity (Wildman–Crippen MR) is 29.7 cm³/mol. The van der Waals surface area contributed by atoms with Gasteiger partial charge in [-0.1, -0.05) is 0 Å². The van der Waals surface area contributed by atoms with Crippen molar-refractivity contribution in [3.8, 4) is 0 Å². The van der Waals surface area contributed by atoms with Crippen LogP contribution in [0.15, 0.2) is 4.99 Å². The molecular weight excluding hydrogens is 124 g/mol. The summed E-state index contributed by atoms with van der Waals surface area (Å²) in [7, 11) is 0. The molecule has 1 heterocycles. The van der Waals surface area contributed by atoms with Crippen molar-refractivity contribution in [3.63, 3.8) is 0 Å². The Morgan fingerprint density at radius 2 is 2.67 bits per heavy atom. The van der Waals surface area contributed by atoms with Crippen molar-refractivity contribution < 1.29 is 9.55 Å². The van der Waals surface area contributed by atoms with Crippen molar-refractivity contribution in [3.05, 3.63) is 5.21 Å². The molecule has 1 rings (SSSR count). The van der Waals surface area contributed by atoms with E-state index in [1.54, 1.807) is 0 Å². The first kappa shape index (κ1) is 5.99. The van der Waals surface area contributed by atoms with E-state index >= 15 is 0 Å². The van der Waals surface area contributed by atoms with Crippen molar-refractivity contribution in [1.82, 2.24) is 5.43 Å². The number of hydrogen-bond acceptors (Lipinski definition) is 4. The van der Waals surface area contributed by atoms with Crippen molar-refractivity contribution in [1.29, 1.82) is 0 Å². The highest BCUT2D eigenvalue weighted by atomic mass is 16.6. The van der Waals surface area contributed by atoms with Gasteiger partial charge >= 0.3 is 6.03 Å². The maximum atomic E-state index is 10.8. The van der Waals surface area contributed by atoms with Crippen LogP contribution in [-0.4, -0.2) is 23.8 Å². The maximum absolute atomic E-state index is 10.8. The van der Waals surface area contributed by atoms with Crippen molar-refractivity contribution >= 4 is 12.4 Å². The lowest BCUT2D eigenvalue weighted by molar-refractivity contribution is -0.826. The van der Waals surface area contributed by atoms with Gasteiger partial charge in [0.15, 0.2) is 0 Å². The van der Waals surface area contributed by atoms with E-state index in [0.29, 0.717) is 0 Å². The number of hydroxylamine groups is 2. The summed E-state index contributed by atoms with van der Waals surface area (Å²) in [6.45, 7) is -0.171. The van der Waals surface area contributed by atoms with Crippen molar-refractivity contribution in [2.45, 2.75) is 0 Å². The number of nitrogens with one attached hydrogen (secondary N) is 1. The van der Waals surface area contributed by atoms with Gasteiger partial charge in [-0.3, -0.25) is 0 Å². The SMILES string of the molecule is NC(=O)[N+]1([O-])CN=CN1. The van der Waals surface area contributed by atoms with Crippen molar-refractivity contribution in [2.24, 2.45) is 10.7 Å². The molecule has 3 N–H and O–H groups in total. The minimum atomic E-state index is -1.28. The molecular formula is C3H6N4O2. The lowest BCUT2D eigenvalue weighted by Gasteiger charge is -2.29. The second kappa shape index (κ2) is 1.67. The molecule has 0 aromatic heterocycles. The highest BCUT2D eigenvalue weighted by molar-refractivity contribution is 5.67. The number of nitrogens with zero attached hydrogens (tertiary/aromatic N) is 2. The Kier molecular flexibility index (Phi) is 1.11. The minimum Gasteiger partial charge on any atom is -0.596 e. The number of quaternary nitrogens is 1. The molecule has 0 fully saturated rings. The Morgan fingerprint density at radius 3 is 2.89 bits per heavy atom. The molecule has 6 heteroatoms. The van der Waals surface area contributed by atoms with E-state index < -0.39 is 10.8 Å². The Morgan fingerprint density at radius 1 is 2.00 bits per heavy atom. The standard InChI is InChI=1S/C3H6N4O2/c4-3(8)7(9)2-5-1-6-7/h1H,2H2,(H2,4,8)(H,5,6). The van der Waals surface area contributed by atoms with Gasteiger partial charge in [0.2, 0.25) is 6.67 Å². The molecule has 0 aliphatic carbocycles. The fourth-order valence-electron chi connectivity index (χ4n) is 0.464. The highest BCUT2D eigenvalue weighted by Gasteiger charge is 2.26. The number of urea groups is 1. The molecule has 1 unspecified atom stereocenters. The summed E-state index contributed by atoms with van der Waals surface area (Å²) in [5.41, 5.74) is 6.86. The molecule has 0 aromatic carbocycles. The largest absolute Gasteiger partial charge is 0.596 e. The number of amides is 2. The summed E-state index contributed by atoms with van der Waals surface area (Å²) in [5.74, 6) is 0. The molecule has 1 aliphatic rings. The number of carbonyl (C=O) groups is 1. The second-order valence-electron chi connectivity index (χ2n) is 1.66. The summed E-state index contributed by atoms with van der Waals surface area (Å²) in [5, 5.41) is 10.8. The third kappa shape index (κ3) is 0.843. The molecule has 0 saturated carbocycles. The lowest BCUT2D eigenvalue weighted by Crippen LogP contribution is -2.56. The molecule has 1 aliphatic heterocycles. The van der Waals surface area contributed by atoms with Gasteiger partial charge in [0.1, 0.15) is 6.34 Å². The van der Waals surface area contributed by atoms with Gasteiger partial charge in [-0.2, -0.15) is 4.76 Å². The van der Waals surface area contributed by atoms with Gasteiger partial charge in [0, 0.05) is 0 Å². The van der Waals surface area contributed by atoms with Crippen LogP contribution in [0.3, 0.4) is 0 Å². The minimum absolute atomic E-state index is 0.171. The smallest absolute Gasteiger partial charge is 0.440 e. The number of nitrogens with two attached hydrogens (primary N) is 1. The molecule has 9 heavy (non-hydrogen) atoms. The average Bonchev–Trinajstić information content (AvgIpc) is 2.16. The van der Waals surface area contributed by atoms with E-state index in [1.165, 1.54) is 0 Å². The molecule has 6 nitrogen and oxygen atoms in total. The predicted octanol–water partition coefficient (Wildman–Crippen LogP) is -1.12. The van der Waals surface area contributed by atoms with Crippen LogP contribution >= 0.6 is 0 Å². The second-order valence-corrected chi connectivity index (χ2v) is 1.66. The van der Waals surface area contributed by atoms with Gasteiger partial charge in [0.25, 0.3) is 0 Å². The fourth-order valence-corrected chi connectivity index (χ4v) is 0.464. The monoisotopic (exact) mass is 130 g/mol. The zero-order chi connectivity index (χ0) is 6.91. The van der Waals surface area contributed by atoms with E-state index in [2.05, 4.69) is 10.4 Å². The normalized spacial score (nSPS) is 32.1. The van der Waals surface area contributed by atoms with Crippen LogP contribution in [0.5, 0.6) is 0 Å². The Bertz CT molecular complexity index is 157. The molecule has 2 amide bonds. The Hall–Kier alpha value is -1.14. The molecule has 0 aromatic rings. The van der Waals surface area contributed by atoms with Gasteiger partial charge in [-0.25, -0.2) is 15.2 Å². The van der Waals surface area contributed by atoms with E-state index in [-0.39, 0.29) is 6.67 Å². The summed E-state index contributed by atoms with van der Waals surface area (Å²) in [6.07, 6.45) is 1.16. The molecule has 0 saturated heterocycles. The number of carbonyl (C=O) groups excluding carboxylic acids is 1. The first-order valence-corrected chi connectivity index (χ1v) is 2.30. The van der Waals surface area contributed by atoms with E-state index in [4.69, 9.17) is 5.73 Å². The topological polar surface area (TPSA) is 90.5 Å². The third-order valence-electron chi connectivity index (χ3n) is 0.994. The molecule has 0 bridgehead atoms. The molecule has 0 spiro atoms. The summed E-state index contributed by atoms with van der Waals surface area (Å²) in [4.78, 5) is 13.7. The summed E-state index contributed by atoms with van der Waals surface area (Å²) >= 11 is 0. The molecule has 50 valence electrons. The number of aliphatic imine (C=N–C) groups is 1. The van der Waals surface area contributed by atoms with Crippen LogP contribution in [-0.2, 0) is 0 Å². The quantitative estimate of drug-likeness (QED) is 0.321. The van der Waals surface area contributed by atoms with Gasteiger partial charge < -0.3 is 10.9 Å². The summed E-state index contributed by atoms with van der Waals surface area (Å²) in [6, 6.07) is -0.979. The van der Waals surface area contributed by atoms with Crippen LogP contribution in [0.25, 0.3) is 0 Å². The number of hydrogen-bond donors (Lipinski definition) is 2. The van der Waals surface area contributed by atoms with Gasteiger partial charge in [-0.05, 0) is 0 Å². The van der Waals surface area contributed by atoms with Crippen LogP contribution < -0.4 is 11.2 Å². The van der Waals surface area contributed by atoms with Crippen LogP contribution in [0.4, 0.5) is 4.79 Å². The zero-order valence-electron chi connectivity index (χ0n) is 4.57. The maximum Gasteiger partial charge on any atom is 0.440 e. The average molecular weight is 130 g/mol. The Balaban J connectivity index is 2.66. The third-order valence-corrected chi connectivity index (χ3v) is 0.994. The van der Waals surface area contributed by atoms with Crippen LogP contribution in [0.2, 0.25) is 0 Å². The first-order valence-electron chi connectivity index (χ1n) is 2.30. The molecule has 0 radical (unpaired) electrons. The fraction of sp³-hybridized carbons (Fsp3) is 0.333. The van der Waals surface area contributed by atoms with E-state index in [1.807, 2.05) is 0 Å². The highest BCUT2D eigenvalue weighted by Crippen LogP contribution is 2.00. The lowest BCUT2D eigenvalue weighted by atomic mass is 10.9. The van der Waals surface area contributed by atoms with Crippen LogP contribution in [0.1, 0.15) is 0 Å². The first-order chi connectivity index (χ1) is 4.15.